The number of hydrogen-bond acceptors (Lipinski definition) is 4. The molecule has 1 atom stereocenters. The number of sulfonamides is 1. The quantitative estimate of drug-likeness (QED) is 0.249. The van der Waals surface area contributed by atoms with Crippen LogP contribution in [0.4, 0.5) is 10.1 Å². The first-order valence-electron chi connectivity index (χ1n) is 14.0. The summed E-state index contributed by atoms with van der Waals surface area (Å²) in [5, 5.41) is 3.00. The average molecular weight is 582 g/mol. The highest BCUT2D eigenvalue weighted by Crippen LogP contribution is 2.21. The van der Waals surface area contributed by atoms with Crippen molar-refractivity contribution in [3.05, 3.63) is 101 Å². The van der Waals surface area contributed by atoms with Gasteiger partial charge in [0.25, 0.3) is 0 Å². The van der Waals surface area contributed by atoms with E-state index in [1.807, 2.05) is 68.4 Å². The molecule has 7 nitrogen and oxygen atoms in total. The van der Waals surface area contributed by atoms with Gasteiger partial charge in [0.1, 0.15) is 11.9 Å². The van der Waals surface area contributed by atoms with Gasteiger partial charge in [0.2, 0.25) is 21.8 Å². The summed E-state index contributed by atoms with van der Waals surface area (Å²) in [5.41, 5.74) is 3.25. The molecule has 0 fully saturated rings. The standard InChI is InChI=1S/C32H40FN3O4S/c1-4-5-21-34-32(38)30(23-26-10-7-6-8-11-26)35(24-27-15-13-25(2)14-16-27)31(37)12-9-22-36(41(3,39)40)29-19-17-28(33)18-20-29/h6-8,10-11,13-20,30H,4-5,9,12,21-24H2,1-3H3,(H,34,38)/t30-/m0/s1. The van der Waals surface area contributed by atoms with E-state index in [4.69, 9.17) is 0 Å². The van der Waals surface area contributed by atoms with Gasteiger partial charge in [-0.15, -0.1) is 0 Å². The number of nitrogens with zero attached hydrogens (tertiary/aromatic N) is 2. The largest absolute Gasteiger partial charge is 0.354 e. The smallest absolute Gasteiger partial charge is 0.243 e. The number of benzene rings is 3. The Kier molecular flexibility index (Phi) is 11.9. The van der Waals surface area contributed by atoms with Crippen LogP contribution in [0, 0.1) is 12.7 Å². The lowest BCUT2D eigenvalue weighted by Crippen LogP contribution is -2.50. The van der Waals surface area contributed by atoms with Gasteiger partial charge in [-0.3, -0.25) is 13.9 Å². The molecule has 2 amide bonds. The third-order valence-electron chi connectivity index (χ3n) is 6.84. The van der Waals surface area contributed by atoms with E-state index >= 15 is 0 Å². The van der Waals surface area contributed by atoms with Crippen molar-refractivity contribution in [2.75, 3.05) is 23.7 Å². The number of carbonyl (C=O) groups excluding carboxylic acids is 2. The molecule has 220 valence electrons. The van der Waals surface area contributed by atoms with E-state index in [1.54, 1.807) is 4.90 Å². The SMILES string of the molecule is CCCCNC(=O)[C@H](Cc1ccccc1)N(Cc1ccc(C)cc1)C(=O)CCCN(c1ccc(F)cc1)S(C)(=O)=O. The van der Waals surface area contributed by atoms with Crippen LogP contribution in [-0.2, 0) is 32.6 Å². The molecule has 3 aromatic rings. The highest BCUT2D eigenvalue weighted by molar-refractivity contribution is 7.92. The summed E-state index contributed by atoms with van der Waals surface area (Å²) in [7, 11) is -3.66. The fraction of sp³-hybridized carbons (Fsp3) is 0.375. The van der Waals surface area contributed by atoms with Gasteiger partial charge in [-0.25, -0.2) is 12.8 Å². The van der Waals surface area contributed by atoms with E-state index in [0.717, 1.165) is 35.8 Å². The van der Waals surface area contributed by atoms with Gasteiger partial charge in [0.15, 0.2) is 0 Å². The van der Waals surface area contributed by atoms with Crippen LogP contribution in [-0.4, -0.2) is 50.5 Å². The Labute approximate surface area is 243 Å². The van der Waals surface area contributed by atoms with Gasteiger partial charge in [0, 0.05) is 32.5 Å². The summed E-state index contributed by atoms with van der Waals surface area (Å²) in [6, 6.07) is 21.9. The molecule has 3 rings (SSSR count). The maximum Gasteiger partial charge on any atom is 0.243 e. The predicted molar refractivity (Wildman–Crippen MR) is 161 cm³/mol. The Balaban J connectivity index is 1.86. The molecule has 0 aliphatic heterocycles. The van der Waals surface area contributed by atoms with Crippen molar-refractivity contribution >= 4 is 27.5 Å². The summed E-state index contributed by atoms with van der Waals surface area (Å²) < 4.78 is 39.6. The molecule has 0 aliphatic rings. The minimum absolute atomic E-state index is 0.0343. The van der Waals surface area contributed by atoms with Crippen LogP contribution in [0.25, 0.3) is 0 Å². The third kappa shape index (κ3) is 10.0. The van der Waals surface area contributed by atoms with E-state index in [0.29, 0.717) is 18.7 Å². The van der Waals surface area contributed by atoms with Crippen molar-refractivity contribution in [3.8, 4) is 0 Å². The molecular formula is C32H40FN3O4S. The van der Waals surface area contributed by atoms with Crippen molar-refractivity contribution in [2.24, 2.45) is 0 Å². The summed E-state index contributed by atoms with van der Waals surface area (Å²) >= 11 is 0. The molecular weight excluding hydrogens is 541 g/mol. The summed E-state index contributed by atoms with van der Waals surface area (Å²) in [5.74, 6) is -0.928. The van der Waals surface area contributed by atoms with Crippen LogP contribution in [0.5, 0.6) is 0 Å². The van der Waals surface area contributed by atoms with E-state index in [1.165, 1.54) is 28.6 Å². The Bertz CT molecular complexity index is 1360. The van der Waals surface area contributed by atoms with Gasteiger partial charge in [0.05, 0.1) is 11.9 Å². The maximum atomic E-state index is 13.8. The Morgan fingerprint density at radius 1 is 0.902 bits per heavy atom. The van der Waals surface area contributed by atoms with Crippen molar-refractivity contribution < 1.29 is 22.4 Å². The molecule has 0 spiro atoms. The second-order valence-corrected chi connectivity index (χ2v) is 12.2. The number of hydrogen-bond donors (Lipinski definition) is 1. The first-order chi connectivity index (χ1) is 19.6. The second-order valence-electron chi connectivity index (χ2n) is 10.3. The lowest BCUT2D eigenvalue weighted by Gasteiger charge is -2.32. The van der Waals surface area contributed by atoms with Crippen LogP contribution >= 0.6 is 0 Å². The Morgan fingerprint density at radius 2 is 1.56 bits per heavy atom. The molecule has 1 N–H and O–H groups in total. The zero-order chi connectivity index (χ0) is 29.8. The molecule has 0 radical (unpaired) electrons. The number of halogens is 1. The molecule has 0 aromatic heterocycles. The predicted octanol–water partition coefficient (Wildman–Crippen LogP) is 5.24. The van der Waals surface area contributed by atoms with Crippen LogP contribution < -0.4 is 9.62 Å². The fourth-order valence-electron chi connectivity index (χ4n) is 4.56. The second kappa shape index (κ2) is 15.3. The molecule has 0 heterocycles. The van der Waals surface area contributed by atoms with Crippen LogP contribution in [0.1, 0.15) is 49.3 Å². The zero-order valence-corrected chi connectivity index (χ0v) is 24.9. The maximum absolute atomic E-state index is 13.8. The fourth-order valence-corrected chi connectivity index (χ4v) is 5.53. The molecule has 9 heteroatoms. The van der Waals surface area contributed by atoms with E-state index in [9.17, 15) is 22.4 Å². The molecule has 0 saturated heterocycles. The first-order valence-corrected chi connectivity index (χ1v) is 15.8. The van der Waals surface area contributed by atoms with E-state index < -0.39 is 21.9 Å². The lowest BCUT2D eigenvalue weighted by molar-refractivity contribution is -0.141. The highest BCUT2D eigenvalue weighted by Gasteiger charge is 2.30. The van der Waals surface area contributed by atoms with Gasteiger partial charge in [-0.05, 0) is 55.2 Å². The third-order valence-corrected chi connectivity index (χ3v) is 8.04. The van der Waals surface area contributed by atoms with Gasteiger partial charge >= 0.3 is 0 Å². The lowest BCUT2D eigenvalue weighted by atomic mass is 10.0. The number of aryl methyl sites for hydroxylation is 1. The minimum Gasteiger partial charge on any atom is -0.354 e. The number of nitrogens with one attached hydrogen (secondary N) is 1. The molecule has 0 aliphatic carbocycles. The number of unbranched alkanes of at least 4 members (excludes halogenated alkanes) is 1. The number of amides is 2. The van der Waals surface area contributed by atoms with Crippen LogP contribution in [0.2, 0.25) is 0 Å². The van der Waals surface area contributed by atoms with Gasteiger partial charge in [-0.2, -0.15) is 0 Å². The van der Waals surface area contributed by atoms with Crippen molar-refractivity contribution in [3.63, 3.8) is 0 Å². The normalized spacial score (nSPS) is 12.0. The first kappa shape index (κ1) is 31.8. The van der Waals surface area contributed by atoms with Crippen LogP contribution in [0.3, 0.4) is 0 Å². The summed E-state index contributed by atoms with van der Waals surface area (Å²) in [4.78, 5) is 28.9. The Morgan fingerprint density at radius 3 is 2.17 bits per heavy atom. The van der Waals surface area contributed by atoms with Gasteiger partial charge < -0.3 is 10.2 Å². The van der Waals surface area contributed by atoms with Gasteiger partial charge in [-0.1, -0.05) is 73.5 Å². The molecule has 41 heavy (non-hydrogen) atoms. The molecule has 0 unspecified atom stereocenters. The monoisotopic (exact) mass is 581 g/mol. The van der Waals surface area contributed by atoms with Crippen molar-refractivity contribution in [1.82, 2.24) is 10.2 Å². The Hall–Kier alpha value is -3.72. The highest BCUT2D eigenvalue weighted by atomic mass is 32.2. The molecule has 0 bridgehead atoms. The topological polar surface area (TPSA) is 86.8 Å². The van der Waals surface area contributed by atoms with E-state index in [2.05, 4.69) is 5.32 Å². The van der Waals surface area contributed by atoms with Crippen LogP contribution in [0.15, 0.2) is 78.9 Å². The number of carbonyl (C=O) groups is 2. The summed E-state index contributed by atoms with van der Waals surface area (Å²) in [6.45, 7) is 4.84. The number of rotatable bonds is 15. The molecule has 0 saturated carbocycles. The van der Waals surface area contributed by atoms with Crippen molar-refractivity contribution in [1.29, 1.82) is 0 Å². The van der Waals surface area contributed by atoms with E-state index in [-0.39, 0.29) is 37.7 Å². The van der Waals surface area contributed by atoms with Crippen molar-refractivity contribution in [2.45, 2.75) is 58.5 Å². The molecule has 3 aromatic carbocycles. The minimum atomic E-state index is -3.66. The summed E-state index contributed by atoms with van der Waals surface area (Å²) in [6.07, 6.45) is 3.45. The average Bonchev–Trinajstić information content (AvgIpc) is 2.94. The number of anilines is 1. The zero-order valence-electron chi connectivity index (χ0n) is 24.1.